The van der Waals surface area contributed by atoms with E-state index in [2.05, 4.69) is 36.4 Å². The van der Waals surface area contributed by atoms with Crippen molar-refractivity contribution < 1.29 is 19.1 Å². The lowest BCUT2D eigenvalue weighted by Gasteiger charge is -2.46. The molecule has 0 N–H and O–H groups in total. The van der Waals surface area contributed by atoms with Crippen LogP contribution in [0.15, 0.2) is 84.9 Å². The molecular formula is C31H31N3O4. The highest BCUT2D eigenvalue weighted by Crippen LogP contribution is 2.39. The van der Waals surface area contributed by atoms with Gasteiger partial charge in [-0.15, -0.1) is 0 Å². The normalized spacial score (nSPS) is 24.3. The molecular weight excluding hydrogens is 478 g/mol. The molecule has 3 aliphatic heterocycles. The van der Waals surface area contributed by atoms with Gasteiger partial charge in [-0.05, 0) is 60.7 Å². The summed E-state index contributed by atoms with van der Waals surface area (Å²) in [5.74, 6) is -0.470. The highest BCUT2D eigenvalue weighted by Gasteiger charge is 2.52. The van der Waals surface area contributed by atoms with E-state index in [1.165, 1.54) is 5.01 Å². The molecule has 0 saturated carbocycles. The number of para-hydroxylation sites is 1. The fourth-order valence-electron chi connectivity index (χ4n) is 6.01. The minimum atomic E-state index is -0.520. The Hall–Kier alpha value is -3.97. The molecule has 7 nitrogen and oxygen atoms in total. The monoisotopic (exact) mass is 509 g/mol. The van der Waals surface area contributed by atoms with Crippen LogP contribution in [0.25, 0.3) is 10.8 Å². The molecule has 2 fully saturated rings. The van der Waals surface area contributed by atoms with Crippen molar-refractivity contribution in [1.29, 1.82) is 0 Å². The fraction of sp³-hybridized carbons (Fsp3) is 0.323. The van der Waals surface area contributed by atoms with Gasteiger partial charge in [0.15, 0.2) is 0 Å². The molecule has 7 heteroatoms. The number of hydrogen-bond acceptors (Lipinski definition) is 5. The smallest absolute Gasteiger partial charge is 0.410 e. The van der Waals surface area contributed by atoms with Gasteiger partial charge < -0.3 is 9.64 Å². The highest BCUT2D eigenvalue weighted by molar-refractivity contribution is 5.98. The predicted molar refractivity (Wildman–Crippen MR) is 144 cm³/mol. The first-order valence-electron chi connectivity index (χ1n) is 13.1. The number of fused-ring (bicyclic) bond motifs is 3. The van der Waals surface area contributed by atoms with Gasteiger partial charge in [0.05, 0.1) is 12.0 Å². The lowest BCUT2D eigenvalue weighted by atomic mass is 9.77. The zero-order chi connectivity index (χ0) is 26.4. The summed E-state index contributed by atoms with van der Waals surface area (Å²) < 4.78 is 5.60. The van der Waals surface area contributed by atoms with Crippen LogP contribution >= 0.6 is 0 Å². The Balaban J connectivity index is 1.25. The number of hydrogen-bond donors (Lipinski definition) is 0. The van der Waals surface area contributed by atoms with Gasteiger partial charge in [0, 0.05) is 25.0 Å². The Morgan fingerprint density at radius 1 is 0.947 bits per heavy atom. The van der Waals surface area contributed by atoms with Crippen LogP contribution in [0.5, 0.6) is 5.75 Å². The first kappa shape index (κ1) is 24.4. The number of amides is 3. The van der Waals surface area contributed by atoms with Crippen LogP contribution in [-0.2, 0) is 16.1 Å². The van der Waals surface area contributed by atoms with Gasteiger partial charge in [-0.1, -0.05) is 66.7 Å². The molecule has 3 amide bonds. The maximum absolute atomic E-state index is 14.1. The van der Waals surface area contributed by atoms with Crippen LogP contribution in [0.2, 0.25) is 0 Å². The van der Waals surface area contributed by atoms with Crippen molar-refractivity contribution in [2.45, 2.75) is 44.8 Å². The SMILES string of the molecule is CC1(C)CC(=O)N(C(=O)C2CC3C=CC2N(C(=O)Oc2ccccc2)C3)N1Cc1ccc2ccccc2c1. The van der Waals surface area contributed by atoms with Crippen molar-refractivity contribution in [2.24, 2.45) is 11.8 Å². The van der Waals surface area contributed by atoms with Crippen LogP contribution in [0, 0.1) is 11.8 Å². The van der Waals surface area contributed by atoms with Crippen molar-refractivity contribution in [2.75, 3.05) is 6.54 Å². The number of rotatable bonds is 4. The number of carbonyl (C=O) groups excluding carboxylic acids is 3. The molecule has 4 aliphatic rings. The molecule has 1 aliphatic carbocycles. The molecule has 3 unspecified atom stereocenters. The summed E-state index contributed by atoms with van der Waals surface area (Å²) in [6.45, 7) is 4.92. The number of benzene rings is 3. The second-order valence-corrected chi connectivity index (χ2v) is 11.1. The third kappa shape index (κ3) is 4.37. The molecule has 0 radical (unpaired) electrons. The summed E-state index contributed by atoms with van der Waals surface area (Å²) in [6.07, 6.45) is 4.37. The van der Waals surface area contributed by atoms with E-state index in [9.17, 15) is 14.4 Å². The molecule has 3 atom stereocenters. The standard InChI is InChI=1S/C31H31N3O4/c1-31(2)18-28(35)34(33(31)20-21-12-14-23-8-6-7-9-24(23)16-21)29(36)26-17-22-13-15-27(26)32(19-22)30(37)38-25-10-4-3-5-11-25/h3-16,22,26-27H,17-20H2,1-2H3. The highest BCUT2D eigenvalue weighted by atomic mass is 16.6. The van der Waals surface area contributed by atoms with Gasteiger partial charge in [-0.25, -0.2) is 14.8 Å². The molecule has 7 rings (SSSR count). The van der Waals surface area contributed by atoms with Gasteiger partial charge in [-0.3, -0.25) is 9.59 Å². The zero-order valence-electron chi connectivity index (χ0n) is 21.6. The minimum absolute atomic E-state index is 0.0388. The van der Waals surface area contributed by atoms with Crippen molar-refractivity contribution in [3.05, 3.63) is 90.5 Å². The molecule has 3 aromatic carbocycles. The lowest BCUT2D eigenvalue weighted by Crippen LogP contribution is -2.60. The molecule has 3 aromatic rings. The van der Waals surface area contributed by atoms with E-state index >= 15 is 0 Å². The van der Waals surface area contributed by atoms with E-state index in [0.717, 1.165) is 16.3 Å². The quantitative estimate of drug-likeness (QED) is 0.359. The summed E-state index contributed by atoms with van der Waals surface area (Å²) in [6, 6.07) is 22.9. The van der Waals surface area contributed by atoms with E-state index in [-0.39, 0.29) is 24.2 Å². The molecule has 0 aromatic heterocycles. The Morgan fingerprint density at radius 3 is 2.45 bits per heavy atom. The first-order valence-corrected chi connectivity index (χ1v) is 13.1. The van der Waals surface area contributed by atoms with Crippen LogP contribution in [-0.4, -0.2) is 51.0 Å². The van der Waals surface area contributed by atoms with Crippen LogP contribution in [0.4, 0.5) is 4.79 Å². The number of hydrazine groups is 1. The van der Waals surface area contributed by atoms with Crippen LogP contribution in [0.1, 0.15) is 32.3 Å². The van der Waals surface area contributed by atoms with E-state index in [4.69, 9.17) is 4.74 Å². The lowest BCUT2D eigenvalue weighted by molar-refractivity contribution is -0.167. The van der Waals surface area contributed by atoms with Gasteiger partial charge in [0.1, 0.15) is 5.75 Å². The second kappa shape index (κ2) is 9.40. The molecule has 3 heterocycles. The van der Waals surface area contributed by atoms with E-state index in [1.807, 2.05) is 55.3 Å². The topological polar surface area (TPSA) is 70.2 Å². The largest absolute Gasteiger partial charge is 0.415 e. The summed E-state index contributed by atoms with van der Waals surface area (Å²) in [4.78, 5) is 42.1. The van der Waals surface area contributed by atoms with Crippen molar-refractivity contribution in [1.82, 2.24) is 14.9 Å². The summed E-state index contributed by atoms with van der Waals surface area (Å²) in [5, 5.41) is 5.53. The maximum atomic E-state index is 14.1. The number of carbonyl (C=O) groups is 3. The Labute approximate surface area is 222 Å². The van der Waals surface area contributed by atoms with Crippen molar-refractivity contribution in [3.63, 3.8) is 0 Å². The fourth-order valence-corrected chi connectivity index (χ4v) is 6.01. The number of imide groups is 1. The number of piperidine rings is 1. The Bertz CT molecular complexity index is 1430. The molecule has 0 spiro atoms. The van der Waals surface area contributed by atoms with E-state index < -0.39 is 23.6 Å². The second-order valence-electron chi connectivity index (χ2n) is 11.1. The molecule has 194 valence electrons. The Kier molecular flexibility index (Phi) is 6.03. The van der Waals surface area contributed by atoms with E-state index in [1.54, 1.807) is 17.0 Å². The van der Waals surface area contributed by atoms with Gasteiger partial charge in [0.25, 0.3) is 0 Å². The van der Waals surface area contributed by atoms with Gasteiger partial charge in [0.2, 0.25) is 11.8 Å². The van der Waals surface area contributed by atoms with Gasteiger partial charge >= 0.3 is 6.09 Å². The first-order chi connectivity index (χ1) is 18.3. The van der Waals surface area contributed by atoms with Crippen LogP contribution in [0.3, 0.4) is 0 Å². The van der Waals surface area contributed by atoms with E-state index in [0.29, 0.717) is 25.3 Å². The zero-order valence-corrected chi connectivity index (χ0v) is 21.6. The average Bonchev–Trinajstić information content (AvgIpc) is 3.15. The Morgan fingerprint density at radius 2 is 1.68 bits per heavy atom. The third-order valence-electron chi connectivity index (χ3n) is 7.96. The minimum Gasteiger partial charge on any atom is -0.410 e. The van der Waals surface area contributed by atoms with Crippen LogP contribution < -0.4 is 4.74 Å². The van der Waals surface area contributed by atoms with Crippen molar-refractivity contribution >= 4 is 28.7 Å². The number of nitrogens with zero attached hydrogens (tertiary/aromatic N) is 3. The van der Waals surface area contributed by atoms with Crippen molar-refractivity contribution in [3.8, 4) is 5.75 Å². The number of ether oxygens (including phenoxy) is 1. The molecule has 2 saturated heterocycles. The summed E-state index contributed by atoms with van der Waals surface area (Å²) in [5.41, 5.74) is 0.510. The maximum Gasteiger partial charge on any atom is 0.415 e. The average molecular weight is 510 g/mol. The van der Waals surface area contributed by atoms with Gasteiger partial charge in [-0.2, -0.15) is 0 Å². The molecule has 2 bridgehead atoms. The summed E-state index contributed by atoms with van der Waals surface area (Å²) >= 11 is 0. The molecule has 38 heavy (non-hydrogen) atoms. The third-order valence-corrected chi connectivity index (χ3v) is 7.96. The predicted octanol–water partition coefficient (Wildman–Crippen LogP) is 5.17. The summed E-state index contributed by atoms with van der Waals surface area (Å²) in [7, 11) is 0.